The van der Waals surface area contributed by atoms with Crippen LogP contribution in [0.1, 0.15) is 50.7 Å². The van der Waals surface area contributed by atoms with E-state index in [1.54, 1.807) is 0 Å². The smallest absolute Gasteiger partial charge is 0.242 e. The van der Waals surface area contributed by atoms with Crippen molar-refractivity contribution in [3.63, 3.8) is 0 Å². The Morgan fingerprint density at radius 2 is 1.65 bits per heavy atom. The van der Waals surface area contributed by atoms with Gasteiger partial charge in [0.1, 0.15) is 6.04 Å². The lowest BCUT2D eigenvalue weighted by atomic mass is 9.99. The Morgan fingerprint density at radius 3 is 2.27 bits per heavy atom. The van der Waals surface area contributed by atoms with Crippen LogP contribution < -0.4 is 11.1 Å². The minimum atomic E-state index is -0.445. The van der Waals surface area contributed by atoms with Crippen LogP contribution in [-0.4, -0.2) is 65.4 Å². The summed E-state index contributed by atoms with van der Waals surface area (Å²) in [6.07, 6.45) is 4.95. The molecule has 2 amide bonds. The van der Waals surface area contributed by atoms with Crippen molar-refractivity contribution in [3.05, 3.63) is 71.8 Å². The molecule has 0 saturated carbocycles. The molecule has 7 heteroatoms. The summed E-state index contributed by atoms with van der Waals surface area (Å²) in [4.78, 5) is 31.5. The molecule has 0 aromatic heterocycles. The summed E-state index contributed by atoms with van der Waals surface area (Å²) in [5.74, 6) is 0.348. The van der Waals surface area contributed by atoms with E-state index in [-0.39, 0.29) is 36.3 Å². The highest BCUT2D eigenvalue weighted by atomic mass is 35.5. The summed E-state index contributed by atoms with van der Waals surface area (Å²) in [7, 11) is 0. The van der Waals surface area contributed by atoms with Crippen molar-refractivity contribution >= 4 is 24.2 Å². The summed E-state index contributed by atoms with van der Waals surface area (Å²) in [6, 6.07) is 20.3. The molecule has 2 aliphatic rings. The number of aryl methyl sites for hydroxylation is 1. The first-order valence-corrected chi connectivity index (χ1v) is 13.6. The van der Waals surface area contributed by atoms with E-state index in [1.165, 1.54) is 11.1 Å². The van der Waals surface area contributed by atoms with Gasteiger partial charge in [-0.05, 0) is 55.6 Å². The lowest BCUT2D eigenvalue weighted by Gasteiger charge is -2.33. The van der Waals surface area contributed by atoms with E-state index in [9.17, 15) is 9.59 Å². The number of hydrogen-bond donors (Lipinski definition) is 2. The Kier molecular flexibility index (Phi) is 11.0. The van der Waals surface area contributed by atoms with Gasteiger partial charge in [0.15, 0.2) is 0 Å². The minimum absolute atomic E-state index is 0. The number of halogens is 1. The zero-order valence-corrected chi connectivity index (χ0v) is 23.0. The zero-order chi connectivity index (χ0) is 25.5. The number of nitrogens with zero attached hydrogens (tertiary/aromatic N) is 2. The van der Waals surface area contributed by atoms with Gasteiger partial charge in [-0.2, -0.15) is 0 Å². The second-order valence-corrected chi connectivity index (χ2v) is 10.9. The van der Waals surface area contributed by atoms with Crippen LogP contribution >= 0.6 is 12.4 Å². The van der Waals surface area contributed by atoms with Crippen molar-refractivity contribution in [2.45, 2.75) is 76.5 Å². The van der Waals surface area contributed by atoms with E-state index in [2.05, 4.69) is 60.5 Å². The van der Waals surface area contributed by atoms with Gasteiger partial charge in [-0.1, -0.05) is 74.5 Å². The number of benzene rings is 2. The first kappa shape index (κ1) is 29.2. The molecular formula is C30H43ClN4O2. The number of nitrogens with one attached hydrogen (secondary N) is 1. The monoisotopic (exact) mass is 526 g/mol. The summed E-state index contributed by atoms with van der Waals surface area (Å²) in [5.41, 5.74) is 8.88. The van der Waals surface area contributed by atoms with Crippen LogP contribution in [0.15, 0.2) is 60.7 Å². The second kappa shape index (κ2) is 13.9. The van der Waals surface area contributed by atoms with Crippen LogP contribution in [0.3, 0.4) is 0 Å². The van der Waals surface area contributed by atoms with Crippen molar-refractivity contribution in [1.29, 1.82) is 0 Å². The van der Waals surface area contributed by atoms with Gasteiger partial charge in [-0.3, -0.25) is 14.5 Å². The van der Waals surface area contributed by atoms with Crippen LogP contribution in [0.25, 0.3) is 0 Å². The standard InChI is InChI=1S/C30H42N4O2.ClH/c1-22(2)19-27(29(35)32-17-15-24-11-7-4-8-12-24)33-18-16-26(14-13-23-9-5-3-6-10-23)34-21-25(31)20-28(34)30(33)36;/h3-12,22,25-28H,13-21,31H2,1-2H3,(H,32,35);1H/t25-,26?,27-,28+;/m1./s1. The number of rotatable bonds is 10. The molecule has 0 radical (unpaired) electrons. The Bertz CT molecular complexity index is 988. The van der Waals surface area contributed by atoms with Gasteiger partial charge in [-0.15, -0.1) is 12.4 Å². The molecule has 4 atom stereocenters. The highest BCUT2D eigenvalue weighted by Crippen LogP contribution is 2.30. The zero-order valence-electron chi connectivity index (χ0n) is 22.2. The van der Waals surface area contributed by atoms with Crippen LogP contribution in [0, 0.1) is 5.92 Å². The minimum Gasteiger partial charge on any atom is -0.354 e. The van der Waals surface area contributed by atoms with Gasteiger partial charge >= 0.3 is 0 Å². The van der Waals surface area contributed by atoms with Crippen molar-refractivity contribution in [2.24, 2.45) is 11.7 Å². The number of fused-ring (bicyclic) bond motifs is 1. The van der Waals surface area contributed by atoms with Crippen molar-refractivity contribution in [2.75, 3.05) is 19.6 Å². The molecule has 37 heavy (non-hydrogen) atoms. The Hall–Kier alpha value is -2.41. The highest BCUT2D eigenvalue weighted by molar-refractivity contribution is 5.90. The number of amides is 2. The summed E-state index contributed by atoms with van der Waals surface area (Å²) in [5, 5.41) is 3.13. The van der Waals surface area contributed by atoms with Gasteiger partial charge in [0.25, 0.3) is 0 Å². The molecule has 4 rings (SSSR count). The van der Waals surface area contributed by atoms with Crippen LogP contribution in [0.5, 0.6) is 0 Å². The maximum absolute atomic E-state index is 13.9. The maximum atomic E-state index is 13.9. The predicted octanol–water partition coefficient (Wildman–Crippen LogP) is 3.82. The summed E-state index contributed by atoms with van der Waals surface area (Å²) in [6.45, 7) is 6.17. The summed E-state index contributed by atoms with van der Waals surface area (Å²) >= 11 is 0. The van der Waals surface area contributed by atoms with Crippen LogP contribution in [0.4, 0.5) is 0 Å². The Balaban J connectivity index is 0.00000380. The molecule has 2 fully saturated rings. The molecule has 2 aromatic carbocycles. The van der Waals surface area contributed by atoms with E-state index in [0.717, 1.165) is 32.2 Å². The van der Waals surface area contributed by atoms with E-state index < -0.39 is 6.04 Å². The summed E-state index contributed by atoms with van der Waals surface area (Å²) < 4.78 is 0. The van der Waals surface area contributed by atoms with E-state index in [1.807, 2.05) is 29.2 Å². The lowest BCUT2D eigenvalue weighted by Crippen LogP contribution is -2.54. The fourth-order valence-corrected chi connectivity index (χ4v) is 5.81. The van der Waals surface area contributed by atoms with Gasteiger partial charge in [0, 0.05) is 31.7 Å². The third-order valence-corrected chi connectivity index (χ3v) is 7.65. The topological polar surface area (TPSA) is 78.7 Å². The average Bonchev–Trinajstić information content (AvgIpc) is 3.22. The quantitative estimate of drug-likeness (QED) is 0.493. The van der Waals surface area contributed by atoms with Crippen LogP contribution in [0.2, 0.25) is 0 Å². The molecule has 0 spiro atoms. The molecule has 0 aliphatic carbocycles. The lowest BCUT2D eigenvalue weighted by molar-refractivity contribution is -0.143. The third kappa shape index (κ3) is 7.79. The highest BCUT2D eigenvalue weighted by Gasteiger charge is 2.45. The molecule has 0 bridgehead atoms. The van der Waals surface area contributed by atoms with Gasteiger partial charge < -0.3 is 16.0 Å². The fraction of sp³-hybridized carbons (Fsp3) is 0.533. The Labute approximate surface area is 228 Å². The number of carbonyl (C=O) groups is 2. The molecule has 2 aliphatic heterocycles. The van der Waals surface area contributed by atoms with Crippen molar-refractivity contribution < 1.29 is 9.59 Å². The number of carbonyl (C=O) groups excluding carboxylic acids is 2. The molecule has 2 saturated heterocycles. The van der Waals surface area contributed by atoms with Crippen molar-refractivity contribution in [1.82, 2.24) is 15.1 Å². The molecule has 3 N–H and O–H groups in total. The van der Waals surface area contributed by atoms with E-state index >= 15 is 0 Å². The third-order valence-electron chi connectivity index (χ3n) is 7.65. The first-order chi connectivity index (χ1) is 17.4. The molecule has 2 aromatic rings. The van der Waals surface area contributed by atoms with Gasteiger partial charge in [-0.25, -0.2) is 0 Å². The average molecular weight is 527 g/mol. The SMILES string of the molecule is CC(C)C[C@H](C(=O)NCCc1ccccc1)N1CCC(CCc2ccccc2)N2C[C@H](N)C[C@H]2C1=O.Cl. The van der Waals surface area contributed by atoms with E-state index in [4.69, 9.17) is 5.73 Å². The second-order valence-electron chi connectivity index (χ2n) is 10.9. The largest absolute Gasteiger partial charge is 0.354 e. The Morgan fingerprint density at radius 1 is 1.03 bits per heavy atom. The molecule has 2 heterocycles. The number of nitrogens with two attached hydrogens (primary N) is 1. The molecule has 6 nitrogen and oxygen atoms in total. The normalized spacial score (nSPS) is 22.8. The molecule has 202 valence electrons. The fourth-order valence-electron chi connectivity index (χ4n) is 5.81. The van der Waals surface area contributed by atoms with Gasteiger partial charge in [0.2, 0.25) is 11.8 Å². The molecular weight excluding hydrogens is 484 g/mol. The molecule has 1 unspecified atom stereocenters. The number of hydrogen-bond acceptors (Lipinski definition) is 4. The maximum Gasteiger partial charge on any atom is 0.242 e. The van der Waals surface area contributed by atoms with Crippen molar-refractivity contribution in [3.8, 4) is 0 Å². The first-order valence-electron chi connectivity index (χ1n) is 13.6. The van der Waals surface area contributed by atoms with Crippen LogP contribution in [-0.2, 0) is 22.4 Å². The predicted molar refractivity (Wildman–Crippen MR) is 152 cm³/mol. The van der Waals surface area contributed by atoms with E-state index in [0.29, 0.717) is 37.9 Å². The van der Waals surface area contributed by atoms with Gasteiger partial charge in [0.05, 0.1) is 6.04 Å².